The van der Waals surface area contributed by atoms with Gasteiger partial charge < -0.3 is 14.6 Å². The topological polar surface area (TPSA) is 38.7 Å². The third-order valence-corrected chi connectivity index (χ3v) is 1.92. The summed E-state index contributed by atoms with van der Waals surface area (Å²) >= 11 is 0. The Morgan fingerprint density at radius 2 is 2.27 bits per heavy atom. The highest BCUT2D eigenvalue weighted by atomic mass is 16.5. The van der Waals surface area contributed by atoms with Gasteiger partial charge in [0.05, 0.1) is 24.9 Å². The molecule has 0 bridgehead atoms. The lowest BCUT2D eigenvalue weighted by Crippen LogP contribution is -2.36. The molecule has 3 heteroatoms. The molecule has 0 aromatic carbocycles. The van der Waals surface area contributed by atoms with Gasteiger partial charge in [-0.3, -0.25) is 0 Å². The molecule has 3 unspecified atom stereocenters. The van der Waals surface area contributed by atoms with Crippen LogP contribution in [-0.2, 0) is 9.47 Å². The fourth-order valence-electron chi connectivity index (χ4n) is 1.52. The van der Waals surface area contributed by atoms with Crippen LogP contribution in [0.2, 0.25) is 0 Å². The number of aliphatic hydroxyl groups is 1. The maximum Gasteiger partial charge on any atom is 0.0836 e. The zero-order chi connectivity index (χ0) is 8.27. The second-order valence-electron chi connectivity index (χ2n) is 3.15. The van der Waals surface area contributed by atoms with Crippen molar-refractivity contribution in [2.24, 2.45) is 0 Å². The fourth-order valence-corrected chi connectivity index (χ4v) is 1.52. The van der Waals surface area contributed by atoms with Gasteiger partial charge in [-0.25, -0.2) is 0 Å². The zero-order valence-corrected chi connectivity index (χ0v) is 7.12. The lowest BCUT2D eigenvalue weighted by atomic mass is 10.0. The Morgan fingerprint density at radius 3 is 2.82 bits per heavy atom. The SMILES string of the molecule is COCC1CC(O)CC(C)O1. The predicted molar refractivity (Wildman–Crippen MR) is 41.5 cm³/mol. The van der Waals surface area contributed by atoms with Crippen LogP contribution in [0, 0.1) is 0 Å². The summed E-state index contributed by atoms with van der Waals surface area (Å²) in [6.07, 6.45) is 1.50. The number of rotatable bonds is 2. The van der Waals surface area contributed by atoms with Gasteiger partial charge in [0.2, 0.25) is 0 Å². The highest BCUT2D eigenvalue weighted by Crippen LogP contribution is 2.19. The Balaban J connectivity index is 2.30. The molecule has 0 spiro atoms. The van der Waals surface area contributed by atoms with Crippen LogP contribution in [-0.4, -0.2) is 37.1 Å². The smallest absolute Gasteiger partial charge is 0.0836 e. The number of methoxy groups -OCH3 is 1. The predicted octanol–water partition coefficient (Wildman–Crippen LogP) is 0.561. The van der Waals surface area contributed by atoms with E-state index in [9.17, 15) is 5.11 Å². The van der Waals surface area contributed by atoms with E-state index < -0.39 is 0 Å². The van der Waals surface area contributed by atoms with Crippen molar-refractivity contribution in [2.75, 3.05) is 13.7 Å². The summed E-state index contributed by atoms with van der Waals surface area (Å²) in [5, 5.41) is 9.34. The minimum Gasteiger partial charge on any atom is -0.393 e. The highest BCUT2D eigenvalue weighted by Gasteiger charge is 2.25. The van der Waals surface area contributed by atoms with Crippen molar-refractivity contribution in [1.29, 1.82) is 0 Å². The van der Waals surface area contributed by atoms with Crippen LogP contribution in [0.4, 0.5) is 0 Å². The second-order valence-corrected chi connectivity index (χ2v) is 3.15. The molecule has 0 aromatic rings. The van der Waals surface area contributed by atoms with Crippen molar-refractivity contribution in [3.63, 3.8) is 0 Å². The summed E-state index contributed by atoms with van der Waals surface area (Å²) in [4.78, 5) is 0. The summed E-state index contributed by atoms with van der Waals surface area (Å²) < 4.78 is 10.5. The average Bonchev–Trinajstić information content (AvgIpc) is 1.85. The van der Waals surface area contributed by atoms with E-state index in [2.05, 4.69) is 0 Å². The number of aliphatic hydroxyl groups excluding tert-OH is 1. The molecule has 66 valence electrons. The van der Waals surface area contributed by atoms with Crippen LogP contribution in [0.25, 0.3) is 0 Å². The van der Waals surface area contributed by atoms with Gasteiger partial charge in [-0.15, -0.1) is 0 Å². The maximum absolute atomic E-state index is 9.34. The summed E-state index contributed by atoms with van der Waals surface area (Å²) in [5.41, 5.74) is 0. The number of hydrogen-bond acceptors (Lipinski definition) is 3. The molecule has 1 aliphatic heterocycles. The van der Waals surface area contributed by atoms with Crippen LogP contribution in [0.3, 0.4) is 0 Å². The third kappa shape index (κ3) is 2.77. The summed E-state index contributed by atoms with van der Waals surface area (Å²) in [6.45, 7) is 2.56. The average molecular weight is 160 g/mol. The highest BCUT2D eigenvalue weighted by molar-refractivity contribution is 4.74. The normalized spacial score (nSPS) is 39.0. The standard InChI is InChI=1S/C8H16O3/c1-6-3-7(9)4-8(11-6)5-10-2/h6-9H,3-5H2,1-2H3. The molecule has 1 saturated heterocycles. The third-order valence-electron chi connectivity index (χ3n) is 1.92. The van der Waals surface area contributed by atoms with E-state index in [1.807, 2.05) is 6.92 Å². The quantitative estimate of drug-likeness (QED) is 0.641. The van der Waals surface area contributed by atoms with Crippen molar-refractivity contribution in [2.45, 2.75) is 38.1 Å². The van der Waals surface area contributed by atoms with Crippen LogP contribution >= 0.6 is 0 Å². The second kappa shape index (κ2) is 4.04. The Morgan fingerprint density at radius 1 is 1.55 bits per heavy atom. The Kier molecular flexibility index (Phi) is 3.30. The molecule has 1 fully saturated rings. The van der Waals surface area contributed by atoms with Crippen LogP contribution in [0.15, 0.2) is 0 Å². The largest absolute Gasteiger partial charge is 0.393 e. The van der Waals surface area contributed by atoms with Crippen molar-refractivity contribution >= 4 is 0 Å². The Bertz CT molecular complexity index is 106. The van der Waals surface area contributed by atoms with Gasteiger partial charge in [0.15, 0.2) is 0 Å². The van der Waals surface area contributed by atoms with Gasteiger partial charge in [0.25, 0.3) is 0 Å². The summed E-state index contributed by atoms with van der Waals surface area (Å²) in [7, 11) is 1.65. The molecule has 1 heterocycles. The van der Waals surface area contributed by atoms with Gasteiger partial charge in [0.1, 0.15) is 0 Å². The zero-order valence-electron chi connectivity index (χ0n) is 7.12. The molecule has 0 saturated carbocycles. The maximum atomic E-state index is 9.34. The molecule has 1 aliphatic rings. The van der Waals surface area contributed by atoms with Crippen molar-refractivity contribution < 1.29 is 14.6 Å². The molecular formula is C8H16O3. The van der Waals surface area contributed by atoms with E-state index >= 15 is 0 Å². The lowest BCUT2D eigenvalue weighted by Gasteiger charge is -2.30. The molecular weight excluding hydrogens is 144 g/mol. The van der Waals surface area contributed by atoms with E-state index in [-0.39, 0.29) is 18.3 Å². The molecule has 11 heavy (non-hydrogen) atoms. The Labute approximate surface area is 67.3 Å². The van der Waals surface area contributed by atoms with E-state index in [0.717, 1.165) is 6.42 Å². The number of ether oxygens (including phenoxy) is 2. The van der Waals surface area contributed by atoms with E-state index in [0.29, 0.717) is 13.0 Å². The van der Waals surface area contributed by atoms with Crippen molar-refractivity contribution in [1.82, 2.24) is 0 Å². The van der Waals surface area contributed by atoms with E-state index in [1.54, 1.807) is 7.11 Å². The molecule has 0 amide bonds. The van der Waals surface area contributed by atoms with Crippen molar-refractivity contribution in [3.8, 4) is 0 Å². The van der Waals surface area contributed by atoms with Crippen LogP contribution in [0.1, 0.15) is 19.8 Å². The summed E-state index contributed by atoms with van der Waals surface area (Å²) in [6, 6.07) is 0. The molecule has 0 aromatic heterocycles. The first-order valence-electron chi connectivity index (χ1n) is 4.05. The van der Waals surface area contributed by atoms with Gasteiger partial charge in [-0.2, -0.15) is 0 Å². The molecule has 3 atom stereocenters. The summed E-state index contributed by atoms with van der Waals surface area (Å²) in [5.74, 6) is 0. The fraction of sp³-hybridized carbons (Fsp3) is 1.00. The Hall–Kier alpha value is -0.120. The molecule has 0 aliphatic carbocycles. The monoisotopic (exact) mass is 160 g/mol. The molecule has 3 nitrogen and oxygen atoms in total. The van der Waals surface area contributed by atoms with Gasteiger partial charge >= 0.3 is 0 Å². The van der Waals surface area contributed by atoms with Crippen LogP contribution < -0.4 is 0 Å². The lowest BCUT2D eigenvalue weighted by molar-refractivity contribution is -0.109. The number of hydrogen-bond donors (Lipinski definition) is 1. The minimum absolute atomic E-state index is 0.0822. The van der Waals surface area contributed by atoms with Gasteiger partial charge in [-0.05, 0) is 13.3 Å². The molecule has 0 radical (unpaired) electrons. The molecule has 1 N–H and O–H groups in total. The van der Waals surface area contributed by atoms with Crippen molar-refractivity contribution in [3.05, 3.63) is 0 Å². The van der Waals surface area contributed by atoms with E-state index in [4.69, 9.17) is 9.47 Å². The first-order valence-corrected chi connectivity index (χ1v) is 4.05. The van der Waals surface area contributed by atoms with Crippen LogP contribution in [0.5, 0.6) is 0 Å². The first-order chi connectivity index (χ1) is 5.22. The van der Waals surface area contributed by atoms with Gasteiger partial charge in [0, 0.05) is 13.5 Å². The first kappa shape index (κ1) is 8.97. The minimum atomic E-state index is -0.209. The van der Waals surface area contributed by atoms with Gasteiger partial charge in [-0.1, -0.05) is 0 Å². The van der Waals surface area contributed by atoms with E-state index in [1.165, 1.54) is 0 Å². The molecule has 1 rings (SSSR count).